The van der Waals surface area contributed by atoms with Crippen LogP contribution in [0.3, 0.4) is 0 Å². The number of nitrogen functional groups attached to an aromatic ring is 1. The predicted molar refractivity (Wildman–Crippen MR) is 76.7 cm³/mol. The van der Waals surface area contributed by atoms with Crippen LogP contribution in [0.2, 0.25) is 0 Å². The molecule has 7 nitrogen and oxygen atoms in total. The van der Waals surface area contributed by atoms with Crippen molar-refractivity contribution in [1.82, 2.24) is 14.8 Å². The zero-order valence-electron chi connectivity index (χ0n) is 11.4. The molecule has 0 aliphatic heterocycles. The standard InChI is InChI=1S/C12H17N5O2S/c1-3-6-17-8-11(12(13)15-17)20(18,19)16-10-4-5-14-9(2)7-10/h4-5,7-8H,3,6H2,1-2H3,(H2,13,15)(H,14,16). The van der Waals surface area contributed by atoms with E-state index in [-0.39, 0.29) is 10.7 Å². The molecule has 2 aromatic rings. The number of pyridine rings is 1. The van der Waals surface area contributed by atoms with E-state index in [2.05, 4.69) is 14.8 Å². The average Bonchev–Trinajstić information content (AvgIpc) is 2.71. The van der Waals surface area contributed by atoms with Crippen molar-refractivity contribution in [3.63, 3.8) is 0 Å². The SMILES string of the molecule is CCCn1cc(S(=O)(=O)Nc2ccnc(C)c2)c(N)n1. The number of nitrogens with two attached hydrogens (primary N) is 1. The molecule has 108 valence electrons. The highest BCUT2D eigenvalue weighted by Gasteiger charge is 2.21. The van der Waals surface area contributed by atoms with Gasteiger partial charge in [-0.25, -0.2) is 8.42 Å². The Bertz CT molecular complexity index is 708. The molecule has 0 atom stereocenters. The topological polar surface area (TPSA) is 103 Å². The minimum atomic E-state index is -3.74. The van der Waals surface area contributed by atoms with Gasteiger partial charge in [-0.05, 0) is 25.5 Å². The molecule has 0 saturated carbocycles. The Morgan fingerprint density at radius 1 is 1.45 bits per heavy atom. The molecular weight excluding hydrogens is 278 g/mol. The lowest BCUT2D eigenvalue weighted by atomic mass is 10.3. The summed E-state index contributed by atoms with van der Waals surface area (Å²) in [4.78, 5) is 4.00. The van der Waals surface area contributed by atoms with E-state index < -0.39 is 10.0 Å². The van der Waals surface area contributed by atoms with E-state index in [9.17, 15) is 8.42 Å². The van der Waals surface area contributed by atoms with Crippen LogP contribution in [0.15, 0.2) is 29.4 Å². The zero-order chi connectivity index (χ0) is 14.8. The van der Waals surface area contributed by atoms with Crippen LogP contribution in [0.5, 0.6) is 0 Å². The van der Waals surface area contributed by atoms with E-state index in [0.29, 0.717) is 12.2 Å². The summed E-state index contributed by atoms with van der Waals surface area (Å²) in [6, 6.07) is 3.22. The van der Waals surface area contributed by atoms with Gasteiger partial charge in [0.15, 0.2) is 5.82 Å². The second-order valence-corrected chi connectivity index (χ2v) is 6.08. The van der Waals surface area contributed by atoms with Crippen molar-refractivity contribution in [1.29, 1.82) is 0 Å². The molecule has 0 radical (unpaired) electrons. The van der Waals surface area contributed by atoms with E-state index in [1.165, 1.54) is 17.1 Å². The number of anilines is 2. The van der Waals surface area contributed by atoms with Crippen LogP contribution >= 0.6 is 0 Å². The number of rotatable bonds is 5. The highest BCUT2D eigenvalue weighted by Crippen LogP contribution is 2.20. The molecule has 0 amide bonds. The minimum absolute atomic E-state index is 0.00303. The first-order valence-electron chi connectivity index (χ1n) is 6.21. The van der Waals surface area contributed by atoms with Gasteiger partial charge in [0, 0.05) is 24.6 Å². The molecule has 20 heavy (non-hydrogen) atoms. The maximum absolute atomic E-state index is 12.3. The third-order valence-electron chi connectivity index (χ3n) is 2.65. The van der Waals surface area contributed by atoms with E-state index in [0.717, 1.165) is 12.1 Å². The second-order valence-electron chi connectivity index (χ2n) is 4.43. The fourth-order valence-corrected chi connectivity index (χ4v) is 2.91. The first-order chi connectivity index (χ1) is 9.42. The minimum Gasteiger partial charge on any atom is -0.381 e. The van der Waals surface area contributed by atoms with Gasteiger partial charge in [0.2, 0.25) is 0 Å². The summed E-state index contributed by atoms with van der Waals surface area (Å²) in [5.41, 5.74) is 6.84. The number of nitrogens with one attached hydrogen (secondary N) is 1. The summed E-state index contributed by atoms with van der Waals surface area (Å²) in [6.07, 6.45) is 3.82. The molecule has 0 unspecified atom stereocenters. The number of hydrogen-bond donors (Lipinski definition) is 2. The van der Waals surface area contributed by atoms with Crippen molar-refractivity contribution in [3.8, 4) is 0 Å². The van der Waals surface area contributed by atoms with E-state index >= 15 is 0 Å². The average molecular weight is 295 g/mol. The highest BCUT2D eigenvalue weighted by molar-refractivity contribution is 7.92. The number of nitrogens with zero attached hydrogens (tertiary/aromatic N) is 3. The molecule has 0 aromatic carbocycles. The lowest BCUT2D eigenvalue weighted by molar-refractivity contribution is 0.595. The molecule has 0 fully saturated rings. The fraction of sp³-hybridized carbons (Fsp3) is 0.333. The van der Waals surface area contributed by atoms with Crippen LogP contribution in [0, 0.1) is 6.92 Å². The molecule has 0 aliphatic rings. The van der Waals surface area contributed by atoms with Crippen molar-refractivity contribution in [3.05, 3.63) is 30.2 Å². The van der Waals surface area contributed by atoms with Crippen LogP contribution in [-0.4, -0.2) is 23.2 Å². The molecule has 0 saturated heterocycles. The maximum atomic E-state index is 12.3. The Morgan fingerprint density at radius 2 is 2.20 bits per heavy atom. The smallest absolute Gasteiger partial charge is 0.267 e. The Morgan fingerprint density at radius 3 is 2.85 bits per heavy atom. The summed E-state index contributed by atoms with van der Waals surface area (Å²) in [5, 5.41) is 3.99. The predicted octanol–water partition coefficient (Wildman–Crippen LogP) is 1.38. The van der Waals surface area contributed by atoms with Gasteiger partial charge in [0.25, 0.3) is 10.0 Å². The lowest BCUT2D eigenvalue weighted by Crippen LogP contribution is -2.14. The zero-order valence-corrected chi connectivity index (χ0v) is 12.2. The number of aromatic nitrogens is 3. The number of aryl methyl sites for hydroxylation is 2. The monoisotopic (exact) mass is 295 g/mol. The molecular formula is C12H17N5O2S. The van der Waals surface area contributed by atoms with Crippen molar-refractivity contribution < 1.29 is 8.42 Å². The number of hydrogen-bond acceptors (Lipinski definition) is 5. The van der Waals surface area contributed by atoms with Gasteiger partial charge in [-0.1, -0.05) is 6.92 Å². The van der Waals surface area contributed by atoms with Gasteiger partial charge in [-0.3, -0.25) is 14.4 Å². The molecule has 0 aliphatic carbocycles. The van der Waals surface area contributed by atoms with Gasteiger partial charge < -0.3 is 5.73 Å². The van der Waals surface area contributed by atoms with Gasteiger partial charge >= 0.3 is 0 Å². The summed E-state index contributed by atoms with van der Waals surface area (Å²) < 4.78 is 28.6. The van der Waals surface area contributed by atoms with Crippen LogP contribution < -0.4 is 10.5 Å². The fourth-order valence-electron chi connectivity index (χ4n) is 1.79. The van der Waals surface area contributed by atoms with Crippen LogP contribution in [-0.2, 0) is 16.6 Å². The summed E-state index contributed by atoms with van der Waals surface area (Å²) >= 11 is 0. The molecule has 8 heteroatoms. The molecule has 3 N–H and O–H groups in total. The third kappa shape index (κ3) is 3.08. The van der Waals surface area contributed by atoms with E-state index in [1.54, 1.807) is 19.1 Å². The summed E-state index contributed by atoms with van der Waals surface area (Å²) in [5.74, 6) is -0.00303. The van der Waals surface area contributed by atoms with Crippen LogP contribution in [0.4, 0.5) is 11.5 Å². The van der Waals surface area contributed by atoms with E-state index in [1.807, 2.05) is 6.92 Å². The van der Waals surface area contributed by atoms with Gasteiger partial charge in [0.05, 0.1) is 5.69 Å². The first-order valence-corrected chi connectivity index (χ1v) is 7.69. The normalized spacial score (nSPS) is 11.5. The molecule has 2 aromatic heterocycles. The maximum Gasteiger partial charge on any atom is 0.267 e. The second kappa shape index (κ2) is 5.49. The quantitative estimate of drug-likeness (QED) is 0.867. The van der Waals surface area contributed by atoms with Crippen molar-refractivity contribution in [2.75, 3.05) is 10.5 Å². The Balaban J connectivity index is 2.30. The molecule has 0 spiro atoms. The summed E-state index contributed by atoms with van der Waals surface area (Å²) in [7, 11) is -3.74. The van der Waals surface area contributed by atoms with Crippen molar-refractivity contribution >= 4 is 21.5 Å². The third-order valence-corrected chi connectivity index (χ3v) is 4.04. The lowest BCUT2D eigenvalue weighted by Gasteiger charge is -2.06. The molecule has 2 rings (SSSR count). The van der Waals surface area contributed by atoms with Crippen molar-refractivity contribution in [2.24, 2.45) is 0 Å². The van der Waals surface area contributed by atoms with Gasteiger partial charge in [0.1, 0.15) is 4.90 Å². The number of sulfonamides is 1. The largest absolute Gasteiger partial charge is 0.381 e. The Hall–Kier alpha value is -2.09. The van der Waals surface area contributed by atoms with E-state index in [4.69, 9.17) is 5.73 Å². The summed E-state index contributed by atoms with van der Waals surface area (Å²) in [6.45, 7) is 4.38. The van der Waals surface area contributed by atoms with Crippen LogP contribution in [0.1, 0.15) is 19.0 Å². The molecule has 0 bridgehead atoms. The molecule has 2 heterocycles. The highest BCUT2D eigenvalue weighted by atomic mass is 32.2. The van der Waals surface area contributed by atoms with Crippen LogP contribution in [0.25, 0.3) is 0 Å². The Labute approximate surface area is 117 Å². The van der Waals surface area contributed by atoms with Crippen molar-refractivity contribution in [2.45, 2.75) is 31.7 Å². The van der Waals surface area contributed by atoms with Gasteiger partial charge in [-0.2, -0.15) is 5.10 Å². The van der Waals surface area contributed by atoms with Gasteiger partial charge in [-0.15, -0.1) is 0 Å². The first kappa shape index (κ1) is 14.3. The Kier molecular flexibility index (Phi) is 3.93.